The van der Waals surface area contributed by atoms with Crippen LogP contribution in [-0.2, 0) is 6.42 Å². The van der Waals surface area contributed by atoms with Gasteiger partial charge in [0, 0.05) is 18.7 Å². The number of hydrogen-bond acceptors (Lipinski definition) is 5. The fourth-order valence-electron chi connectivity index (χ4n) is 1.90. The lowest BCUT2D eigenvalue weighted by molar-refractivity contribution is 0.418. The molecule has 2 heterocycles. The maximum Gasteiger partial charge on any atom is 0.261 e. The molecule has 2 aromatic heterocycles. The second kappa shape index (κ2) is 5.28. The number of benzene rings is 1. The molecule has 0 aliphatic heterocycles. The molecular formula is C14H9F2N3O2. The van der Waals surface area contributed by atoms with E-state index in [0.29, 0.717) is 11.1 Å². The molecule has 7 heteroatoms. The molecule has 0 spiro atoms. The van der Waals surface area contributed by atoms with Crippen molar-refractivity contribution < 1.29 is 18.4 Å². The van der Waals surface area contributed by atoms with Crippen LogP contribution in [0, 0.1) is 11.6 Å². The van der Waals surface area contributed by atoms with Crippen LogP contribution in [0.15, 0.2) is 41.2 Å². The molecule has 0 saturated heterocycles. The third kappa shape index (κ3) is 2.86. The minimum atomic E-state index is -0.666. The van der Waals surface area contributed by atoms with Crippen molar-refractivity contribution in [1.29, 1.82) is 0 Å². The summed E-state index contributed by atoms with van der Waals surface area (Å²) >= 11 is 0. The van der Waals surface area contributed by atoms with Gasteiger partial charge in [0.05, 0.1) is 11.8 Å². The molecule has 1 N–H and O–H groups in total. The number of halogens is 2. The van der Waals surface area contributed by atoms with Crippen molar-refractivity contribution in [3.8, 4) is 17.2 Å². The van der Waals surface area contributed by atoms with Crippen LogP contribution in [0.3, 0.4) is 0 Å². The summed E-state index contributed by atoms with van der Waals surface area (Å²) in [5, 5.41) is 13.4. The number of pyridine rings is 1. The van der Waals surface area contributed by atoms with Crippen molar-refractivity contribution in [3.63, 3.8) is 0 Å². The Kier molecular flexibility index (Phi) is 3.31. The predicted octanol–water partition coefficient (Wildman–Crippen LogP) is 2.71. The highest BCUT2D eigenvalue weighted by Crippen LogP contribution is 2.26. The predicted molar refractivity (Wildman–Crippen MR) is 68.4 cm³/mol. The molecule has 0 bridgehead atoms. The second-order valence-electron chi connectivity index (χ2n) is 4.36. The van der Waals surface area contributed by atoms with Gasteiger partial charge >= 0.3 is 0 Å². The average molecular weight is 289 g/mol. The van der Waals surface area contributed by atoms with Gasteiger partial charge in [0.2, 0.25) is 0 Å². The highest BCUT2D eigenvalue weighted by atomic mass is 19.1. The van der Waals surface area contributed by atoms with Crippen molar-refractivity contribution in [2.75, 3.05) is 0 Å². The molecule has 5 nitrogen and oxygen atoms in total. The zero-order valence-corrected chi connectivity index (χ0v) is 10.6. The zero-order valence-electron chi connectivity index (χ0n) is 10.6. The smallest absolute Gasteiger partial charge is 0.261 e. The molecule has 3 aromatic rings. The lowest BCUT2D eigenvalue weighted by Crippen LogP contribution is -1.93. The molecule has 0 fully saturated rings. The molecule has 106 valence electrons. The van der Waals surface area contributed by atoms with Gasteiger partial charge in [-0.1, -0.05) is 5.16 Å². The normalized spacial score (nSPS) is 10.8. The van der Waals surface area contributed by atoms with E-state index in [4.69, 9.17) is 4.52 Å². The first-order chi connectivity index (χ1) is 10.1. The van der Waals surface area contributed by atoms with E-state index in [1.54, 1.807) is 0 Å². The van der Waals surface area contributed by atoms with Gasteiger partial charge in [-0.05, 0) is 23.8 Å². The number of hydrogen-bond donors (Lipinski definition) is 1. The van der Waals surface area contributed by atoms with Gasteiger partial charge in [0.25, 0.3) is 5.89 Å². The van der Waals surface area contributed by atoms with E-state index in [-0.39, 0.29) is 23.9 Å². The zero-order chi connectivity index (χ0) is 14.8. The number of nitrogens with zero attached hydrogens (tertiary/aromatic N) is 3. The summed E-state index contributed by atoms with van der Waals surface area (Å²) in [6.45, 7) is 0. The monoisotopic (exact) mass is 289 g/mol. The topological polar surface area (TPSA) is 72.0 Å². The third-order valence-corrected chi connectivity index (χ3v) is 2.78. The van der Waals surface area contributed by atoms with Crippen molar-refractivity contribution >= 4 is 0 Å². The Hall–Kier alpha value is -2.83. The molecule has 0 atom stereocenters. The lowest BCUT2D eigenvalue weighted by Gasteiger charge is -1.98. The van der Waals surface area contributed by atoms with Gasteiger partial charge in [0.15, 0.2) is 5.82 Å². The molecule has 0 radical (unpaired) electrons. The summed E-state index contributed by atoms with van der Waals surface area (Å²) in [6, 6.07) is 4.71. The highest BCUT2D eigenvalue weighted by molar-refractivity contribution is 5.60. The molecule has 0 saturated carbocycles. The van der Waals surface area contributed by atoms with E-state index in [1.165, 1.54) is 30.6 Å². The van der Waals surface area contributed by atoms with Crippen LogP contribution in [0.2, 0.25) is 0 Å². The maximum absolute atomic E-state index is 13.1. The first-order valence-corrected chi connectivity index (χ1v) is 6.03. The van der Waals surface area contributed by atoms with E-state index in [9.17, 15) is 13.9 Å². The largest absolute Gasteiger partial charge is 0.505 e. The highest BCUT2D eigenvalue weighted by Gasteiger charge is 2.13. The summed E-state index contributed by atoms with van der Waals surface area (Å²) < 4.78 is 31.2. The van der Waals surface area contributed by atoms with Gasteiger partial charge in [-0.15, -0.1) is 0 Å². The quantitative estimate of drug-likeness (QED) is 0.802. The summed E-state index contributed by atoms with van der Waals surface area (Å²) in [7, 11) is 0. The average Bonchev–Trinajstić information content (AvgIpc) is 2.86. The van der Waals surface area contributed by atoms with E-state index >= 15 is 0 Å². The summed E-state index contributed by atoms with van der Waals surface area (Å²) in [6.07, 6.45) is 2.84. The molecule has 0 aliphatic carbocycles. The molecule has 0 amide bonds. The Morgan fingerprint density at radius 3 is 2.62 bits per heavy atom. The van der Waals surface area contributed by atoms with E-state index in [2.05, 4.69) is 15.1 Å². The Balaban J connectivity index is 1.87. The Morgan fingerprint density at radius 2 is 1.90 bits per heavy atom. The molecule has 21 heavy (non-hydrogen) atoms. The summed E-state index contributed by atoms with van der Waals surface area (Å²) in [4.78, 5) is 7.83. The minimum absolute atomic E-state index is 0.0931. The molecule has 3 rings (SSSR count). The summed E-state index contributed by atoms with van der Waals surface area (Å²) in [5.74, 6) is -1.06. The minimum Gasteiger partial charge on any atom is -0.505 e. The Labute approximate surface area is 117 Å². The van der Waals surface area contributed by atoms with Crippen molar-refractivity contribution in [2.45, 2.75) is 6.42 Å². The van der Waals surface area contributed by atoms with Crippen LogP contribution in [0.25, 0.3) is 11.5 Å². The van der Waals surface area contributed by atoms with Crippen LogP contribution < -0.4 is 0 Å². The van der Waals surface area contributed by atoms with Gasteiger partial charge in [0.1, 0.15) is 17.4 Å². The van der Waals surface area contributed by atoms with Crippen molar-refractivity contribution in [3.05, 3.63) is 59.7 Å². The van der Waals surface area contributed by atoms with Crippen LogP contribution in [0.4, 0.5) is 8.78 Å². The first kappa shape index (κ1) is 13.2. The lowest BCUT2D eigenvalue weighted by atomic mass is 10.1. The van der Waals surface area contributed by atoms with E-state index in [0.717, 1.165) is 6.07 Å². The molecule has 0 aliphatic rings. The fraction of sp³-hybridized carbons (Fsp3) is 0.0714. The van der Waals surface area contributed by atoms with Crippen molar-refractivity contribution in [1.82, 2.24) is 15.1 Å². The SMILES string of the molecule is Oc1cnccc1-c1nc(Cc2cc(F)cc(F)c2)no1. The van der Waals surface area contributed by atoms with Crippen LogP contribution >= 0.6 is 0 Å². The van der Waals surface area contributed by atoms with E-state index < -0.39 is 11.6 Å². The third-order valence-electron chi connectivity index (χ3n) is 2.78. The second-order valence-corrected chi connectivity index (χ2v) is 4.36. The molecular weight excluding hydrogens is 280 g/mol. The number of rotatable bonds is 3. The maximum atomic E-state index is 13.1. The van der Waals surface area contributed by atoms with Crippen LogP contribution in [0.1, 0.15) is 11.4 Å². The van der Waals surface area contributed by atoms with Crippen LogP contribution in [0.5, 0.6) is 5.75 Å². The van der Waals surface area contributed by atoms with Crippen LogP contribution in [-0.4, -0.2) is 20.2 Å². The number of aromatic hydroxyl groups is 1. The number of aromatic nitrogens is 3. The standard InChI is InChI=1S/C14H9F2N3O2/c15-9-3-8(4-10(16)6-9)5-13-18-14(21-19-13)11-1-2-17-7-12(11)20/h1-4,6-7,20H,5H2. The van der Waals surface area contributed by atoms with Gasteiger partial charge in [-0.2, -0.15) is 4.98 Å². The summed E-state index contributed by atoms with van der Waals surface area (Å²) in [5.41, 5.74) is 0.730. The Bertz CT molecular complexity index is 769. The molecule has 0 unspecified atom stereocenters. The Morgan fingerprint density at radius 1 is 1.14 bits per heavy atom. The van der Waals surface area contributed by atoms with Crippen molar-refractivity contribution in [2.24, 2.45) is 0 Å². The molecule has 1 aromatic carbocycles. The van der Waals surface area contributed by atoms with Gasteiger partial charge in [-0.25, -0.2) is 8.78 Å². The fourth-order valence-corrected chi connectivity index (χ4v) is 1.90. The van der Waals surface area contributed by atoms with E-state index in [1.807, 2.05) is 0 Å². The first-order valence-electron chi connectivity index (χ1n) is 6.03. The van der Waals surface area contributed by atoms with Gasteiger partial charge in [-0.3, -0.25) is 4.98 Å². The van der Waals surface area contributed by atoms with Gasteiger partial charge < -0.3 is 9.63 Å².